The van der Waals surface area contributed by atoms with Gasteiger partial charge in [-0.15, -0.1) is 5.73 Å². The van der Waals surface area contributed by atoms with Crippen molar-refractivity contribution in [3.05, 3.63) is 18.0 Å². The molecular formula is C8H13NO. The lowest BCUT2D eigenvalue weighted by Gasteiger charge is -2.27. The zero-order chi connectivity index (χ0) is 7.40. The smallest absolute Gasteiger partial charge is 0.0642 e. The molecule has 0 amide bonds. The Bertz CT molecular complexity index is 153. The molecule has 0 saturated carbocycles. The maximum atomic E-state index is 5.19. The van der Waals surface area contributed by atoms with Crippen LogP contribution in [0, 0.1) is 0 Å². The summed E-state index contributed by atoms with van der Waals surface area (Å²) in [6.45, 7) is 9.24. The second-order valence-corrected chi connectivity index (χ2v) is 2.36. The number of hydrogen-bond acceptors (Lipinski definition) is 2. The van der Waals surface area contributed by atoms with Crippen molar-refractivity contribution in [1.82, 2.24) is 4.90 Å². The number of ether oxygens (including phenoxy) is 1. The third kappa shape index (κ3) is 1.63. The SMILES string of the molecule is C=C=C(C)N1CCOCC1. The second-order valence-electron chi connectivity index (χ2n) is 2.36. The monoisotopic (exact) mass is 139 g/mol. The number of hydrogen-bond donors (Lipinski definition) is 0. The molecule has 2 nitrogen and oxygen atoms in total. The van der Waals surface area contributed by atoms with Crippen LogP contribution in [-0.2, 0) is 4.74 Å². The van der Waals surface area contributed by atoms with Crippen LogP contribution in [0.2, 0.25) is 0 Å². The summed E-state index contributed by atoms with van der Waals surface area (Å²) in [5.74, 6) is 0. The first-order valence-corrected chi connectivity index (χ1v) is 3.54. The van der Waals surface area contributed by atoms with Crippen LogP contribution in [0.5, 0.6) is 0 Å². The predicted molar refractivity (Wildman–Crippen MR) is 40.7 cm³/mol. The van der Waals surface area contributed by atoms with Gasteiger partial charge >= 0.3 is 0 Å². The van der Waals surface area contributed by atoms with Crippen LogP contribution in [0.3, 0.4) is 0 Å². The van der Waals surface area contributed by atoms with E-state index in [1.165, 1.54) is 0 Å². The van der Waals surface area contributed by atoms with Crippen LogP contribution in [-0.4, -0.2) is 31.2 Å². The third-order valence-corrected chi connectivity index (χ3v) is 1.74. The van der Waals surface area contributed by atoms with E-state index in [9.17, 15) is 0 Å². The minimum Gasteiger partial charge on any atom is -0.378 e. The van der Waals surface area contributed by atoms with Crippen LogP contribution < -0.4 is 0 Å². The zero-order valence-electron chi connectivity index (χ0n) is 6.39. The van der Waals surface area contributed by atoms with E-state index in [4.69, 9.17) is 4.74 Å². The highest BCUT2D eigenvalue weighted by Gasteiger charge is 2.08. The molecule has 1 rings (SSSR count). The molecule has 1 fully saturated rings. The van der Waals surface area contributed by atoms with Crippen LogP contribution >= 0.6 is 0 Å². The van der Waals surface area contributed by atoms with Crippen LogP contribution in [0.1, 0.15) is 6.92 Å². The first-order chi connectivity index (χ1) is 4.84. The van der Waals surface area contributed by atoms with Crippen LogP contribution in [0.25, 0.3) is 0 Å². The molecule has 0 atom stereocenters. The summed E-state index contributed by atoms with van der Waals surface area (Å²) in [6.07, 6.45) is 0. The summed E-state index contributed by atoms with van der Waals surface area (Å²) in [7, 11) is 0. The standard InChI is InChI=1S/C8H13NO/c1-3-8(2)9-4-6-10-7-5-9/h1,4-7H2,2H3. The first kappa shape index (κ1) is 7.39. The number of nitrogens with zero attached hydrogens (tertiary/aromatic N) is 1. The highest BCUT2D eigenvalue weighted by Crippen LogP contribution is 2.03. The molecule has 0 aromatic carbocycles. The van der Waals surface area contributed by atoms with E-state index >= 15 is 0 Å². The van der Waals surface area contributed by atoms with E-state index in [-0.39, 0.29) is 0 Å². The van der Waals surface area contributed by atoms with Crippen molar-refractivity contribution in [2.24, 2.45) is 0 Å². The molecule has 0 aliphatic carbocycles. The number of morpholine rings is 1. The topological polar surface area (TPSA) is 12.5 Å². The molecule has 1 saturated heterocycles. The van der Waals surface area contributed by atoms with E-state index in [1.807, 2.05) is 6.92 Å². The molecular weight excluding hydrogens is 126 g/mol. The van der Waals surface area contributed by atoms with Crippen molar-refractivity contribution in [3.8, 4) is 0 Å². The third-order valence-electron chi connectivity index (χ3n) is 1.74. The highest BCUT2D eigenvalue weighted by atomic mass is 16.5. The van der Waals surface area contributed by atoms with Crippen molar-refractivity contribution in [3.63, 3.8) is 0 Å². The minimum atomic E-state index is 0.832. The fraction of sp³-hybridized carbons (Fsp3) is 0.625. The molecule has 10 heavy (non-hydrogen) atoms. The summed E-state index contributed by atoms with van der Waals surface area (Å²) in [6, 6.07) is 0. The Kier molecular flexibility index (Phi) is 2.55. The molecule has 0 radical (unpaired) electrons. The Morgan fingerprint density at radius 2 is 2.10 bits per heavy atom. The molecule has 1 heterocycles. The van der Waals surface area contributed by atoms with E-state index in [1.54, 1.807) is 0 Å². The Labute approximate surface area is 61.8 Å². The maximum Gasteiger partial charge on any atom is 0.0642 e. The summed E-state index contributed by atoms with van der Waals surface area (Å²) < 4.78 is 5.19. The Morgan fingerprint density at radius 1 is 1.50 bits per heavy atom. The van der Waals surface area contributed by atoms with Crippen LogP contribution in [0.4, 0.5) is 0 Å². The minimum absolute atomic E-state index is 0.832. The normalized spacial score (nSPS) is 18.3. The average Bonchev–Trinajstić information content (AvgIpc) is 2.05. The summed E-state index contributed by atoms with van der Waals surface area (Å²) in [5, 5.41) is 0. The van der Waals surface area contributed by atoms with Crippen LogP contribution in [0.15, 0.2) is 18.0 Å². The van der Waals surface area contributed by atoms with Gasteiger partial charge in [0.05, 0.1) is 18.9 Å². The second kappa shape index (κ2) is 3.45. The lowest BCUT2D eigenvalue weighted by Crippen LogP contribution is -2.34. The van der Waals surface area contributed by atoms with Gasteiger partial charge < -0.3 is 9.64 Å². The van der Waals surface area contributed by atoms with Gasteiger partial charge in [0.15, 0.2) is 0 Å². The Morgan fingerprint density at radius 3 is 2.60 bits per heavy atom. The molecule has 0 bridgehead atoms. The van der Waals surface area contributed by atoms with E-state index < -0.39 is 0 Å². The maximum absolute atomic E-state index is 5.19. The molecule has 2 heteroatoms. The molecule has 0 unspecified atom stereocenters. The van der Waals surface area contributed by atoms with Gasteiger partial charge in [0.1, 0.15) is 0 Å². The Hall–Kier alpha value is -0.720. The van der Waals surface area contributed by atoms with Crippen molar-refractivity contribution >= 4 is 0 Å². The van der Waals surface area contributed by atoms with Crippen molar-refractivity contribution in [2.75, 3.05) is 26.3 Å². The highest BCUT2D eigenvalue weighted by molar-refractivity contribution is 4.94. The number of rotatable bonds is 1. The molecule has 0 spiro atoms. The quantitative estimate of drug-likeness (QED) is 0.503. The fourth-order valence-electron chi connectivity index (χ4n) is 1.01. The fourth-order valence-corrected chi connectivity index (χ4v) is 1.01. The van der Waals surface area contributed by atoms with E-state index in [0.717, 1.165) is 32.0 Å². The van der Waals surface area contributed by atoms with Crippen molar-refractivity contribution in [2.45, 2.75) is 6.92 Å². The lowest BCUT2D eigenvalue weighted by atomic mass is 10.3. The largest absolute Gasteiger partial charge is 0.378 e. The van der Waals surface area contributed by atoms with Gasteiger partial charge in [-0.2, -0.15) is 0 Å². The molecule has 1 aliphatic heterocycles. The number of allylic oxidation sites excluding steroid dienone is 1. The molecule has 0 N–H and O–H groups in total. The summed E-state index contributed by atoms with van der Waals surface area (Å²) >= 11 is 0. The Balaban J connectivity index is 2.46. The van der Waals surface area contributed by atoms with Gasteiger partial charge in [-0.05, 0) is 6.92 Å². The van der Waals surface area contributed by atoms with E-state index in [2.05, 4.69) is 17.2 Å². The summed E-state index contributed by atoms with van der Waals surface area (Å²) in [5.41, 5.74) is 4.00. The van der Waals surface area contributed by atoms with Gasteiger partial charge in [-0.25, -0.2) is 0 Å². The van der Waals surface area contributed by atoms with Crippen molar-refractivity contribution in [1.29, 1.82) is 0 Å². The summed E-state index contributed by atoms with van der Waals surface area (Å²) in [4.78, 5) is 2.23. The van der Waals surface area contributed by atoms with Gasteiger partial charge in [0, 0.05) is 13.1 Å². The van der Waals surface area contributed by atoms with Gasteiger partial charge in [0.2, 0.25) is 0 Å². The van der Waals surface area contributed by atoms with E-state index in [0.29, 0.717) is 0 Å². The molecule has 0 aromatic rings. The van der Waals surface area contributed by atoms with Gasteiger partial charge in [-0.3, -0.25) is 0 Å². The average molecular weight is 139 g/mol. The van der Waals surface area contributed by atoms with Gasteiger partial charge in [0.25, 0.3) is 0 Å². The van der Waals surface area contributed by atoms with Gasteiger partial charge in [-0.1, -0.05) is 6.58 Å². The zero-order valence-corrected chi connectivity index (χ0v) is 6.39. The first-order valence-electron chi connectivity index (χ1n) is 3.54. The van der Waals surface area contributed by atoms with Crippen molar-refractivity contribution < 1.29 is 4.74 Å². The molecule has 1 aliphatic rings. The lowest BCUT2D eigenvalue weighted by molar-refractivity contribution is 0.0539. The predicted octanol–water partition coefficient (Wildman–Crippen LogP) is 1.01. The molecule has 56 valence electrons. The molecule has 0 aromatic heterocycles.